The van der Waals surface area contributed by atoms with E-state index in [1.54, 1.807) is 25.1 Å². The first-order chi connectivity index (χ1) is 7.26. The molecule has 3 nitrogen and oxygen atoms in total. The SMILES string of the molecule is CC(=O)C(C)S(=O)(=O)c1ccc(C)cc1C. The lowest BCUT2D eigenvalue weighted by atomic mass is 10.2. The molecule has 0 amide bonds. The summed E-state index contributed by atoms with van der Waals surface area (Å²) in [5, 5.41) is -0.978. The highest BCUT2D eigenvalue weighted by atomic mass is 32.2. The van der Waals surface area contributed by atoms with Gasteiger partial charge in [-0.1, -0.05) is 17.7 Å². The summed E-state index contributed by atoms with van der Waals surface area (Å²) in [6, 6.07) is 5.12. The Balaban J connectivity index is 3.33. The Morgan fingerprint density at radius 1 is 1.25 bits per heavy atom. The maximum atomic E-state index is 12.1. The van der Waals surface area contributed by atoms with Gasteiger partial charge in [0.15, 0.2) is 9.84 Å². The van der Waals surface area contributed by atoms with Crippen LogP contribution in [-0.4, -0.2) is 19.5 Å². The predicted molar refractivity (Wildman–Crippen MR) is 63.2 cm³/mol. The number of rotatable bonds is 3. The number of hydrogen-bond donors (Lipinski definition) is 0. The molecule has 0 bridgehead atoms. The van der Waals surface area contributed by atoms with Crippen molar-refractivity contribution in [1.29, 1.82) is 0 Å². The van der Waals surface area contributed by atoms with E-state index in [9.17, 15) is 13.2 Å². The van der Waals surface area contributed by atoms with Crippen LogP contribution in [-0.2, 0) is 14.6 Å². The van der Waals surface area contributed by atoms with Gasteiger partial charge in [0.1, 0.15) is 11.0 Å². The standard InChI is InChI=1S/C12H16O3S/c1-8-5-6-12(9(2)7-8)16(14,15)11(4)10(3)13/h5-7,11H,1-4H3. The molecule has 1 unspecified atom stereocenters. The molecule has 1 rings (SSSR count). The molecule has 0 radical (unpaired) electrons. The number of benzene rings is 1. The molecule has 1 atom stereocenters. The molecule has 0 saturated carbocycles. The van der Waals surface area contributed by atoms with Crippen LogP contribution in [0, 0.1) is 13.8 Å². The highest BCUT2D eigenvalue weighted by Gasteiger charge is 2.28. The Bertz CT molecular complexity index is 515. The van der Waals surface area contributed by atoms with Crippen molar-refractivity contribution in [1.82, 2.24) is 0 Å². The number of Topliss-reactive ketones (excluding diaryl/α,β-unsaturated/α-hetero) is 1. The van der Waals surface area contributed by atoms with Crippen molar-refractivity contribution in [2.24, 2.45) is 0 Å². The van der Waals surface area contributed by atoms with Crippen LogP contribution in [0.3, 0.4) is 0 Å². The topological polar surface area (TPSA) is 51.2 Å². The second kappa shape index (κ2) is 4.37. The normalized spacial score (nSPS) is 13.5. The number of hydrogen-bond acceptors (Lipinski definition) is 3. The number of ketones is 1. The van der Waals surface area contributed by atoms with E-state index in [2.05, 4.69) is 0 Å². The van der Waals surface area contributed by atoms with E-state index < -0.39 is 15.1 Å². The molecule has 0 N–H and O–H groups in total. The van der Waals surface area contributed by atoms with Crippen molar-refractivity contribution in [3.63, 3.8) is 0 Å². The van der Waals surface area contributed by atoms with Gasteiger partial charge in [-0.15, -0.1) is 0 Å². The lowest BCUT2D eigenvalue weighted by Gasteiger charge is -2.12. The highest BCUT2D eigenvalue weighted by molar-refractivity contribution is 7.92. The molecule has 0 spiro atoms. The maximum absolute atomic E-state index is 12.1. The van der Waals surface area contributed by atoms with E-state index in [-0.39, 0.29) is 10.7 Å². The Morgan fingerprint density at radius 3 is 2.25 bits per heavy atom. The van der Waals surface area contributed by atoms with Crippen LogP contribution in [0.25, 0.3) is 0 Å². The molecular weight excluding hydrogens is 224 g/mol. The summed E-state index contributed by atoms with van der Waals surface area (Å²) >= 11 is 0. The van der Waals surface area contributed by atoms with Crippen LogP contribution in [0.15, 0.2) is 23.1 Å². The van der Waals surface area contributed by atoms with E-state index in [0.717, 1.165) is 5.56 Å². The van der Waals surface area contributed by atoms with Crippen molar-refractivity contribution in [3.8, 4) is 0 Å². The van der Waals surface area contributed by atoms with Crippen LogP contribution in [0.2, 0.25) is 0 Å². The largest absolute Gasteiger partial charge is 0.299 e. The number of carbonyl (C=O) groups is 1. The molecule has 1 aromatic carbocycles. The minimum atomic E-state index is -3.54. The number of carbonyl (C=O) groups excluding carboxylic acids is 1. The van der Waals surface area contributed by atoms with Crippen molar-refractivity contribution in [2.45, 2.75) is 37.8 Å². The Labute approximate surface area is 96.4 Å². The van der Waals surface area contributed by atoms with E-state index in [1.165, 1.54) is 13.8 Å². The van der Waals surface area contributed by atoms with E-state index >= 15 is 0 Å². The average molecular weight is 240 g/mol. The zero-order valence-electron chi connectivity index (χ0n) is 9.94. The van der Waals surface area contributed by atoms with Gasteiger partial charge in [0, 0.05) is 0 Å². The van der Waals surface area contributed by atoms with Gasteiger partial charge in [0.25, 0.3) is 0 Å². The summed E-state index contributed by atoms with van der Waals surface area (Å²) in [7, 11) is -3.54. The van der Waals surface area contributed by atoms with Gasteiger partial charge >= 0.3 is 0 Å². The molecule has 0 aromatic heterocycles. The molecule has 16 heavy (non-hydrogen) atoms. The van der Waals surface area contributed by atoms with Gasteiger partial charge in [-0.3, -0.25) is 4.79 Å². The van der Waals surface area contributed by atoms with Crippen molar-refractivity contribution in [3.05, 3.63) is 29.3 Å². The van der Waals surface area contributed by atoms with E-state index in [0.29, 0.717) is 5.56 Å². The van der Waals surface area contributed by atoms with Crippen LogP contribution < -0.4 is 0 Å². The molecular formula is C12H16O3S. The molecule has 1 aromatic rings. The maximum Gasteiger partial charge on any atom is 0.188 e. The number of sulfone groups is 1. The fraction of sp³-hybridized carbons (Fsp3) is 0.417. The summed E-state index contributed by atoms with van der Waals surface area (Å²) in [4.78, 5) is 11.4. The van der Waals surface area contributed by atoms with Gasteiger partial charge < -0.3 is 0 Å². The molecule has 0 aliphatic rings. The predicted octanol–water partition coefficient (Wildman–Crippen LogP) is 2.05. The first-order valence-corrected chi connectivity index (χ1v) is 6.63. The van der Waals surface area contributed by atoms with Gasteiger partial charge in [0.2, 0.25) is 0 Å². The van der Waals surface area contributed by atoms with Gasteiger partial charge in [-0.2, -0.15) is 0 Å². The minimum Gasteiger partial charge on any atom is -0.299 e. The van der Waals surface area contributed by atoms with Crippen molar-refractivity contribution in [2.75, 3.05) is 0 Å². The highest BCUT2D eigenvalue weighted by Crippen LogP contribution is 2.21. The molecule has 0 saturated heterocycles. The molecule has 0 aliphatic carbocycles. The van der Waals surface area contributed by atoms with Gasteiger partial charge in [0.05, 0.1) is 4.90 Å². The first-order valence-electron chi connectivity index (χ1n) is 5.08. The second-order valence-corrected chi connectivity index (χ2v) is 6.30. The Morgan fingerprint density at radius 2 is 1.81 bits per heavy atom. The molecule has 4 heteroatoms. The summed E-state index contributed by atoms with van der Waals surface area (Å²) < 4.78 is 24.2. The van der Waals surface area contributed by atoms with Crippen LogP contribution in [0.5, 0.6) is 0 Å². The molecule has 0 fully saturated rings. The molecule has 0 heterocycles. The summed E-state index contributed by atoms with van der Waals surface area (Å²) in [6.07, 6.45) is 0. The van der Waals surface area contributed by atoms with Crippen molar-refractivity contribution < 1.29 is 13.2 Å². The first kappa shape index (κ1) is 12.9. The minimum absolute atomic E-state index is 0.251. The Kier molecular flexibility index (Phi) is 3.53. The van der Waals surface area contributed by atoms with Gasteiger partial charge in [-0.25, -0.2) is 8.42 Å². The Hall–Kier alpha value is -1.16. The van der Waals surface area contributed by atoms with E-state index in [4.69, 9.17) is 0 Å². The van der Waals surface area contributed by atoms with Crippen LogP contribution in [0.1, 0.15) is 25.0 Å². The molecule has 88 valence electrons. The smallest absolute Gasteiger partial charge is 0.188 e. The van der Waals surface area contributed by atoms with Crippen LogP contribution >= 0.6 is 0 Å². The quantitative estimate of drug-likeness (QED) is 0.812. The van der Waals surface area contributed by atoms with Crippen molar-refractivity contribution >= 4 is 15.6 Å². The lowest BCUT2D eigenvalue weighted by Crippen LogP contribution is -2.25. The zero-order chi connectivity index (χ0) is 12.5. The third kappa shape index (κ3) is 2.32. The fourth-order valence-electron chi connectivity index (χ4n) is 1.53. The third-order valence-electron chi connectivity index (χ3n) is 2.67. The monoisotopic (exact) mass is 240 g/mol. The second-order valence-electron chi connectivity index (χ2n) is 4.07. The third-order valence-corrected chi connectivity index (χ3v) is 5.01. The molecule has 0 aliphatic heterocycles. The van der Waals surface area contributed by atoms with Crippen LogP contribution in [0.4, 0.5) is 0 Å². The summed E-state index contributed by atoms with van der Waals surface area (Å²) in [5.74, 6) is -0.333. The summed E-state index contributed by atoms with van der Waals surface area (Å²) in [5.41, 5.74) is 1.69. The number of aryl methyl sites for hydroxylation is 2. The fourth-order valence-corrected chi connectivity index (χ4v) is 3.11. The zero-order valence-corrected chi connectivity index (χ0v) is 10.8. The van der Waals surface area contributed by atoms with Gasteiger partial charge in [-0.05, 0) is 39.3 Å². The lowest BCUT2D eigenvalue weighted by molar-refractivity contribution is -0.116. The van der Waals surface area contributed by atoms with E-state index in [1.807, 2.05) is 6.92 Å². The average Bonchev–Trinajstić information content (AvgIpc) is 2.15. The summed E-state index contributed by atoms with van der Waals surface area (Å²) in [6.45, 7) is 6.37.